The third-order valence-electron chi connectivity index (χ3n) is 1.38. The summed E-state index contributed by atoms with van der Waals surface area (Å²) in [5, 5.41) is 0.960. The summed E-state index contributed by atoms with van der Waals surface area (Å²) in [5.41, 5.74) is 0. The fourth-order valence-electron chi connectivity index (χ4n) is 0.823. The Morgan fingerprint density at radius 2 is 2.22 bits per heavy atom. The molecular formula is C5H9IN2S. The summed E-state index contributed by atoms with van der Waals surface area (Å²) in [6.07, 6.45) is 1.22. The maximum Gasteiger partial charge on any atom is 0.180 e. The highest BCUT2D eigenvalue weighted by Gasteiger charge is 2.15. The molecular weight excluding hydrogens is 247 g/mol. The maximum atomic E-state index is 5.10. The van der Waals surface area contributed by atoms with Crippen LogP contribution >= 0.6 is 35.1 Å². The average Bonchev–Trinajstić information content (AvgIpc) is 1.83. The van der Waals surface area contributed by atoms with Crippen molar-refractivity contribution in [3.63, 3.8) is 0 Å². The highest BCUT2D eigenvalue weighted by molar-refractivity contribution is 14.1. The lowest BCUT2D eigenvalue weighted by atomic mass is 10.3. The van der Waals surface area contributed by atoms with Gasteiger partial charge in [0, 0.05) is 20.1 Å². The molecule has 0 aromatic heterocycles. The molecule has 0 radical (unpaired) electrons. The van der Waals surface area contributed by atoms with Crippen molar-refractivity contribution in [1.82, 2.24) is 8.01 Å². The lowest BCUT2D eigenvalue weighted by molar-refractivity contribution is 0.399. The van der Waals surface area contributed by atoms with Crippen LogP contribution in [0.1, 0.15) is 6.42 Å². The first-order chi connectivity index (χ1) is 4.22. The van der Waals surface area contributed by atoms with Crippen molar-refractivity contribution in [3.8, 4) is 0 Å². The summed E-state index contributed by atoms with van der Waals surface area (Å²) in [6.45, 7) is 2.21. The first-order valence-electron chi connectivity index (χ1n) is 2.90. The SMILES string of the molecule is CN1CCCN(I)C1=S. The molecule has 0 atom stereocenters. The Bertz CT molecular complexity index is 116. The van der Waals surface area contributed by atoms with Gasteiger partial charge in [-0.3, -0.25) is 3.11 Å². The molecule has 0 unspecified atom stereocenters. The van der Waals surface area contributed by atoms with Crippen LogP contribution in [0.5, 0.6) is 0 Å². The van der Waals surface area contributed by atoms with Crippen LogP contribution in [0.15, 0.2) is 0 Å². The molecule has 1 saturated heterocycles. The first-order valence-corrected chi connectivity index (χ1v) is 4.27. The number of halogens is 1. The predicted octanol–water partition coefficient (Wildman–Crippen LogP) is 1.26. The Morgan fingerprint density at radius 1 is 1.56 bits per heavy atom. The predicted molar refractivity (Wildman–Crippen MR) is 50.6 cm³/mol. The number of nitrogens with zero attached hydrogens (tertiary/aromatic N) is 2. The molecule has 0 aromatic carbocycles. The van der Waals surface area contributed by atoms with Crippen LogP contribution in [0, 0.1) is 0 Å². The normalized spacial score (nSPS) is 20.9. The number of thiocarbonyl (C=S) groups is 1. The Morgan fingerprint density at radius 3 is 2.67 bits per heavy atom. The lowest BCUT2D eigenvalue weighted by Gasteiger charge is -2.31. The van der Waals surface area contributed by atoms with Gasteiger partial charge in [-0.25, -0.2) is 0 Å². The molecule has 0 bridgehead atoms. The van der Waals surface area contributed by atoms with E-state index in [4.69, 9.17) is 12.2 Å². The first kappa shape index (κ1) is 7.53. The average molecular weight is 256 g/mol. The van der Waals surface area contributed by atoms with E-state index in [0.717, 1.165) is 18.2 Å². The van der Waals surface area contributed by atoms with E-state index in [9.17, 15) is 0 Å². The summed E-state index contributed by atoms with van der Waals surface area (Å²) in [6, 6.07) is 0. The molecule has 4 heteroatoms. The van der Waals surface area contributed by atoms with Gasteiger partial charge in [-0.2, -0.15) is 0 Å². The third-order valence-corrected chi connectivity index (χ3v) is 3.18. The molecule has 9 heavy (non-hydrogen) atoms. The van der Waals surface area contributed by atoms with Gasteiger partial charge in [0.1, 0.15) is 0 Å². The van der Waals surface area contributed by atoms with E-state index in [1.54, 1.807) is 0 Å². The monoisotopic (exact) mass is 256 g/mol. The van der Waals surface area contributed by atoms with E-state index in [1.807, 2.05) is 7.05 Å². The van der Waals surface area contributed by atoms with Crippen LogP contribution in [0.2, 0.25) is 0 Å². The zero-order chi connectivity index (χ0) is 6.85. The maximum absolute atomic E-state index is 5.10. The van der Waals surface area contributed by atoms with Gasteiger partial charge in [0.2, 0.25) is 0 Å². The molecule has 0 spiro atoms. The van der Waals surface area contributed by atoms with E-state index >= 15 is 0 Å². The second kappa shape index (κ2) is 3.01. The second-order valence-electron chi connectivity index (χ2n) is 2.14. The molecule has 1 heterocycles. The Labute approximate surface area is 74.7 Å². The smallest absolute Gasteiger partial charge is 0.180 e. The van der Waals surface area contributed by atoms with Crippen LogP contribution in [-0.4, -0.2) is 33.3 Å². The van der Waals surface area contributed by atoms with Crippen LogP contribution in [0.3, 0.4) is 0 Å². The Hall–Kier alpha value is 0.420. The van der Waals surface area contributed by atoms with Gasteiger partial charge in [0.15, 0.2) is 5.11 Å². The van der Waals surface area contributed by atoms with Gasteiger partial charge in [0.05, 0.1) is 22.9 Å². The Balaban J connectivity index is 2.52. The molecule has 0 aliphatic carbocycles. The molecule has 1 aliphatic rings. The van der Waals surface area contributed by atoms with Crippen LogP contribution in [-0.2, 0) is 0 Å². The van der Waals surface area contributed by atoms with Crippen LogP contribution in [0.4, 0.5) is 0 Å². The fourth-order valence-corrected chi connectivity index (χ4v) is 1.72. The molecule has 52 valence electrons. The summed E-state index contributed by atoms with van der Waals surface area (Å²) in [5.74, 6) is 0. The van der Waals surface area contributed by atoms with Gasteiger partial charge in [-0.1, -0.05) is 0 Å². The molecule has 0 N–H and O–H groups in total. The van der Waals surface area contributed by atoms with Crippen molar-refractivity contribution >= 4 is 40.2 Å². The number of hydrogen-bond donors (Lipinski definition) is 0. The molecule has 0 aromatic rings. The summed E-state index contributed by atoms with van der Waals surface area (Å²) >= 11 is 7.34. The van der Waals surface area contributed by atoms with Crippen molar-refractivity contribution < 1.29 is 0 Å². The van der Waals surface area contributed by atoms with Gasteiger partial charge in [-0.05, 0) is 18.6 Å². The number of hydrogen-bond acceptors (Lipinski definition) is 1. The molecule has 2 nitrogen and oxygen atoms in total. The van der Waals surface area contributed by atoms with Gasteiger partial charge in [-0.15, -0.1) is 0 Å². The van der Waals surface area contributed by atoms with Crippen LogP contribution < -0.4 is 0 Å². The summed E-state index contributed by atoms with van der Waals surface area (Å²) in [4.78, 5) is 2.10. The number of rotatable bonds is 0. The largest absolute Gasteiger partial charge is 0.352 e. The fraction of sp³-hybridized carbons (Fsp3) is 0.800. The van der Waals surface area contributed by atoms with Crippen molar-refractivity contribution in [1.29, 1.82) is 0 Å². The molecule has 1 aliphatic heterocycles. The van der Waals surface area contributed by atoms with E-state index in [0.29, 0.717) is 0 Å². The molecule has 0 amide bonds. The summed E-state index contributed by atoms with van der Waals surface area (Å²) in [7, 11) is 2.03. The topological polar surface area (TPSA) is 6.48 Å². The lowest BCUT2D eigenvalue weighted by Crippen LogP contribution is -2.41. The minimum atomic E-state index is 0.960. The van der Waals surface area contributed by atoms with Crippen LogP contribution in [0.25, 0.3) is 0 Å². The molecule has 1 fully saturated rings. The van der Waals surface area contributed by atoms with Crippen molar-refractivity contribution in [2.45, 2.75) is 6.42 Å². The highest BCUT2D eigenvalue weighted by Crippen LogP contribution is 2.11. The van der Waals surface area contributed by atoms with Crippen molar-refractivity contribution in [3.05, 3.63) is 0 Å². The highest BCUT2D eigenvalue weighted by atomic mass is 127. The molecule has 0 saturated carbocycles. The van der Waals surface area contributed by atoms with E-state index in [-0.39, 0.29) is 0 Å². The zero-order valence-electron chi connectivity index (χ0n) is 5.30. The van der Waals surface area contributed by atoms with Gasteiger partial charge >= 0.3 is 0 Å². The van der Waals surface area contributed by atoms with Gasteiger partial charge < -0.3 is 4.90 Å². The quantitative estimate of drug-likeness (QED) is 0.366. The van der Waals surface area contributed by atoms with E-state index in [1.165, 1.54) is 6.42 Å². The minimum Gasteiger partial charge on any atom is -0.352 e. The second-order valence-corrected chi connectivity index (χ2v) is 3.67. The molecule has 1 rings (SSSR count). The minimum absolute atomic E-state index is 0.960. The summed E-state index contributed by atoms with van der Waals surface area (Å²) < 4.78 is 2.08. The van der Waals surface area contributed by atoms with Gasteiger partial charge in [0.25, 0.3) is 0 Å². The third kappa shape index (κ3) is 1.67. The van der Waals surface area contributed by atoms with E-state index in [2.05, 4.69) is 30.9 Å². The van der Waals surface area contributed by atoms with Crippen molar-refractivity contribution in [2.24, 2.45) is 0 Å². The zero-order valence-corrected chi connectivity index (χ0v) is 8.28. The van der Waals surface area contributed by atoms with E-state index < -0.39 is 0 Å². The van der Waals surface area contributed by atoms with Crippen molar-refractivity contribution in [2.75, 3.05) is 20.1 Å². The Kier molecular flexibility index (Phi) is 2.51. The standard InChI is InChI=1S/C5H9IN2S/c1-7-3-2-4-8(6)5(7)9/h2-4H2,1H3.